The van der Waals surface area contributed by atoms with Crippen LogP contribution in [0.2, 0.25) is 0 Å². The van der Waals surface area contributed by atoms with Crippen LogP contribution < -0.4 is 11.0 Å². The summed E-state index contributed by atoms with van der Waals surface area (Å²) in [5.41, 5.74) is 0.179. The molecule has 23 heavy (non-hydrogen) atoms. The minimum absolute atomic E-state index is 0.000304. The first-order valence-electron chi connectivity index (χ1n) is 7.59. The molecule has 0 aliphatic carbocycles. The summed E-state index contributed by atoms with van der Waals surface area (Å²) in [5, 5.41) is 15.7. The molecule has 1 atom stereocenters. The third kappa shape index (κ3) is 4.18. The summed E-state index contributed by atoms with van der Waals surface area (Å²) in [5.74, 6) is -1.45. The van der Waals surface area contributed by atoms with Crippen molar-refractivity contribution in [3.8, 4) is 0 Å². The number of nitrogens with zero attached hydrogens (tertiary/aromatic N) is 3. The lowest BCUT2D eigenvalue weighted by atomic mass is 10.1. The number of carboxylic acid groups (broad SMARTS) is 1. The summed E-state index contributed by atoms with van der Waals surface area (Å²) in [6, 6.07) is 4.30. The molecule has 0 unspecified atom stereocenters. The highest BCUT2D eigenvalue weighted by atomic mass is 16.4. The number of hydrogen-bond acceptors (Lipinski definition) is 4. The number of rotatable bonds is 8. The third-order valence-electron chi connectivity index (χ3n) is 3.52. The Bertz CT molecular complexity index is 749. The summed E-state index contributed by atoms with van der Waals surface area (Å²) in [6.07, 6.45) is 3.58. The lowest BCUT2D eigenvalue weighted by Gasteiger charge is -2.13. The number of carbonyl (C=O) groups excluding carboxylic acids is 1. The van der Waals surface area contributed by atoms with E-state index in [0.717, 1.165) is 12.8 Å². The predicted molar refractivity (Wildman–Crippen MR) is 83.2 cm³/mol. The summed E-state index contributed by atoms with van der Waals surface area (Å²) in [4.78, 5) is 35.0. The Morgan fingerprint density at radius 3 is 2.83 bits per heavy atom. The van der Waals surface area contributed by atoms with Crippen molar-refractivity contribution in [2.24, 2.45) is 0 Å². The summed E-state index contributed by atoms with van der Waals surface area (Å²) >= 11 is 0. The van der Waals surface area contributed by atoms with E-state index in [1.807, 2.05) is 6.92 Å². The summed E-state index contributed by atoms with van der Waals surface area (Å²) in [7, 11) is 0. The van der Waals surface area contributed by atoms with Crippen LogP contribution in [0.15, 0.2) is 29.2 Å². The number of unbranched alkanes of at least 4 members (excludes halogenated alkanes) is 1. The molecule has 0 aromatic carbocycles. The molecule has 124 valence electrons. The average Bonchev–Trinajstić information content (AvgIpc) is 2.86. The van der Waals surface area contributed by atoms with Gasteiger partial charge in [0.15, 0.2) is 5.65 Å². The van der Waals surface area contributed by atoms with Crippen LogP contribution in [0.5, 0.6) is 0 Å². The van der Waals surface area contributed by atoms with E-state index in [0.29, 0.717) is 12.1 Å². The third-order valence-corrected chi connectivity index (χ3v) is 3.52. The Balaban J connectivity index is 1.96. The molecule has 0 bridgehead atoms. The van der Waals surface area contributed by atoms with E-state index >= 15 is 0 Å². The van der Waals surface area contributed by atoms with Crippen molar-refractivity contribution in [1.82, 2.24) is 19.5 Å². The van der Waals surface area contributed by atoms with E-state index in [1.165, 1.54) is 9.08 Å². The lowest BCUT2D eigenvalue weighted by Crippen LogP contribution is -2.41. The van der Waals surface area contributed by atoms with Gasteiger partial charge in [-0.3, -0.25) is 9.20 Å². The van der Waals surface area contributed by atoms with Gasteiger partial charge in [-0.2, -0.15) is 0 Å². The minimum atomic E-state index is -1.04. The van der Waals surface area contributed by atoms with Gasteiger partial charge in [0.25, 0.3) is 0 Å². The van der Waals surface area contributed by atoms with Gasteiger partial charge in [-0.1, -0.05) is 25.8 Å². The largest absolute Gasteiger partial charge is 0.480 e. The fourth-order valence-corrected chi connectivity index (χ4v) is 2.25. The number of hydrogen-bond donors (Lipinski definition) is 2. The van der Waals surface area contributed by atoms with Crippen molar-refractivity contribution in [3.63, 3.8) is 0 Å². The smallest absolute Gasteiger partial charge is 0.350 e. The van der Waals surface area contributed by atoms with Gasteiger partial charge < -0.3 is 10.4 Å². The fourth-order valence-electron chi connectivity index (χ4n) is 2.25. The Morgan fingerprint density at radius 2 is 2.17 bits per heavy atom. The number of aromatic nitrogens is 3. The van der Waals surface area contributed by atoms with Gasteiger partial charge >= 0.3 is 11.7 Å². The molecule has 2 N–H and O–H groups in total. The second kappa shape index (κ2) is 7.57. The Morgan fingerprint density at radius 1 is 1.39 bits per heavy atom. The number of nitrogens with one attached hydrogen (secondary N) is 1. The minimum Gasteiger partial charge on any atom is -0.480 e. The molecule has 0 spiro atoms. The van der Waals surface area contributed by atoms with Crippen LogP contribution in [0.25, 0.3) is 5.65 Å². The van der Waals surface area contributed by atoms with Crippen LogP contribution in [0, 0.1) is 0 Å². The van der Waals surface area contributed by atoms with Crippen LogP contribution in [0.4, 0.5) is 0 Å². The van der Waals surface area contributed by atoms with Crippen LogP contribution in [0.1, 0.15) is 32.6 Å². The number of carboxylic acids is 1. The lowest BCUT2D eigenvalue weighted by molar-refractivity contribution is -0.142. The molecule has 8 heteroatoms. The molecule has 2 rings (SSSR count). The molecule has 2 aromatic heterocycles. The maximum Gasteiger partial charge on any atom is 0.350 e. The number of carbonyl (C=O) groups is 2. The Labute approximate surface area is 132 Å². The van der Waals surface area contributed by atoms with Crippen LogP contribution >= 0.6 is 0 Å². The molecule has 0 saturated heterocycles. The highest BCUT2D eigenvalue weighted by Gasteiger charge is 2.19. The van der Waals surface area contributed by atoms with Gasteiger partial charge in [-0.15, -0.1) is 5.10 Å². The molecule has 0 fully saturated rings. The summed E-state index contributed by atoms with van der Waals surface area (Å²) < 4.78 is 2.59. The van der Waals surface area contributed by atoms with Gasteiger partial charge in [0.05, 0.1) is 6.54 Å². The van der Waals surface area contributed by atoms with Crippen molar-refractivity contribution in [2.45, 2.75) is 45.2 Å². The first-order valence-corrected chi connectivity index (χ1v) is 7.59. The number of pyridine rings is 1. The highest BCUT2D eigenvalue weighted by Crippen LogP contribution is 2.02. The predicted octanol–water partition coefficient (Wildman–Crippen LogP) is 0.646. The molecule has 2 heterocycles. The van der Waals surface area contributed by atoms with Crippen molar-refractivity contribution in [2.75, 3.05) is 0 Å². The quantitative estimate of drug-likeness (QED) is 0.743. The van der Waals surface area contributed by atoms with E-state index in [-0.39, 0.29) is 18.7 Å². The summed E-state index contributed by atoms with van der Waals surface area (Å²) in [6.45, 7) is 2.06. The first kappa shape index (κ1) is 16.7. The molecule has 0 aliphatic rings. The van der Waals surface area contributed by atoms with E-state index in [2.05, 4.69) is 10.4 Å². The van der Waals surface area contributed by atoms with E-state index in [4.69, 9.17) is 5.11 Å². The molecular weight excluding hydrogens is 300 g/mol. The number of amides is 1. The van der Waals surface area contributed by atoms with Crippen molar-refractivity contribution < 1.29 is 14.7 Å². The molecule has 2 aromatic rings. The van der Waals surface area contributed by atoms with Crippen LogP contribution in [-0.4, -0.2) is 37.2 Å². The van der Waals surface area contributed by atoms with E-state index < -0.39 is 17.9 Å². The maximum atomic E-state index is 12.1. The Hall–Kier alpha value is -2.64. The zero-order valence-corrected chi connectivity index (χ0v) is 12.9. The normalized spacial score (nSPS) is 12.2. The maximum absolute atomic E-state index is 12.1. The van der Waals surface area contributed by atoms with Gasteiger partial charge in [-0.25, -0.2) is 14.3 Å². The van der Waals surface area contributed by atoms with Crippen LogP contribution in [0.3, 0.4) is 0 Å². The SMILES string of the molecule is CCCC[C@H](NC(=O)CCn1nc2ccccn2c1=O)C(=O)O. The molecule has 0 aliphatic heterocycles. The number of aliphatic carboxylic acids is 1. The number of aryl methyl sites for hydroxylation is 1. The molecule has 1 amide bonds. The highest BCUT2D eigenvalue weighted by molar-refractivity contribution is 5.83. The van der Waals surface area contributed by atoms with Crippen molar-refractivity contribution in [3.05, 3.63) is 34.9 Å². The van der Waals surface area contributed by atoms with Crippen LogP contribution in [-0.2, 0) is 16.1 Å². The Kier molecular flexibility index (Phi) is 5.51. The molecule has 0 radical (unpaired) electrons. The topological polar surface area (TPSA) is 106 Å². The van der Waals surface area contributed by atoms with Gasteiger partial charge in [0.1, 0.15) is 6.04 Å². The molecule has 0 saturated carbocycles. The molecule has 8 nitrogen and oxygen atoms in total. The monoisotopic (exact) mass is 320 g/mol. The van der Waals surface area contributed by atoms with E-state index in [1.54, 1.807) is 24.4 Å². The second-order valence-electron chi connectivity index (χ2n) is 5.29. The van der Waals surface area contributed by atoms with Crippen molar-refractivity contribution in [1.29, 1.82) is 0 Å². The van der Waals surface area contributed by atoms with Gasteiger partial charge in [0, 0.05) is 12.6 Å². The zero-order chi connectivity index (χ0) is 16.8. The molecular formula is C15H20N4O4. The second-order valence-corrected chi connectivity index (χ2v) is 5.29. The average molecular weight is 320 g/mol. The number of fused-ring (bicyclic) bond motifs is 1. The standard InChI is InChI=1S/C15H20N4O4/c1-2-3-6-11(14(21)22)16-13(20)8-10-19-15(23)18-9-5-4-7-12(18)17-19/h4-5,7,9,11H,2-3,6,8,10H2,1H3,(H,16,20)(H,21,22)/t11-/m0/s1. The van der Waals surface area contributed by atoms with Gasteiger partial charge in [0.2, 0.25) is 5.91 Å². The van der Waals surface area contributed by atoms with Crippen molar-refractivity contribution >= 4 is 17.5 Å². The zero-order valence-electron chi connectivity index (χ0n) is 12.9. The fraction of sp³-hybridized carbons (Fsp3) is 0.467. The van der Waals surface area contributed by atoms with Gasteiger partial charge in [-0.05, 0) is 18.6 Å². The van der Waals surface area contributed by atoms with E-state index in [9.17, 15) is 14.4 Å². The first-order chi connectivity index (χ1) is 11.0.